The molecule has 2 heterocycles. The molecule has 0 aliphatic heterocycles. The summed E-state index contributed by atoms with van der Waals surface area (Å²) in [6, 6.07) is 7.60. The minimum atomic E-state index is -0.0717. The molecule has 152 valence electrons. The number of H-pyrrole nitrogens is 1. The fraction of sp³-hybridized carbons (Fsp3) is 0.409. The Labute approximate surface area is 173 Å². The molecular formula is C22H25N3O3S. The number of fused-ring (bicyclic) bond motifs is 3. The number of rotatable bonds is 6. The van der Waals surface area contributed by atoms with Crippen LogP contribution in [-0.4, -0.2) is 23.0 Å². The standard InChI is InChI=1S/C22H25N3O3S/c1-28-15-7-5-6-14(12-15)13-23-19(26)11-10-18-24-21(27)20-16-8-3-2-4-9-17(16)29-22(20)25-18/h5-7,12H,2-4,8-11,13H2,1H3,(H,23,26)(H,24,25,27). The van der Waals surface area contributed by atoms with Crippen molar-refractivity contribution in [2.24, 2.45) is 0 Å². The number of aromatic amines is 1. The summed E-state index contributed by atoms with van der Waals surface area (Å²) in [6.45, 7) is 0.441. The molecule has 29 heavy (non-hydrogen) atoms. The first-order valence-corrected chi connectivity index (χ1v) is 10.9. The van der Waals surface area contributed by atoms with Gasteiger partial charge in [0.1, 0.15) is 16.4 Å². The van der Waals surface area contributed by atoms with E-state index >= 15 is 0 Å². The van der Waals surface area contributed by atoms with E-state index in [4.69, 9.17) is 4.74 Å². The molecule has 7 heteroatoms. The van der Waals surface area contributed by atoms with Crippen LogP contribution in [0.2, 0.25) is 0 Å². The van der Waals surface area contributed by atoms with Crippen LogP contribution in [0.1, 0.15) is 47.5 Å². The molecule has 6 nitrogen and oxygen atoms in total. The molecule has 0 unspecified atom stereocenters. The Morgan fingerprint density at radius 2 is 2.14 bits per heavy atom. The van der Waals surface area contributed by atoms with Gasteiger partial charge in [0.25, 0.3) is 5.56 Å². The van der Waals surface area contributed by atoms with Crippen molar-refractivity contribution in [3.63, 3.8) is 0 Å². The molecule has 0 saturated carbocycles. The molecule has 0 atom stereocenters. The van der Waals surface area contributed by atoms with E-state index < -0.39 is 0 Å². The van der Waals surface area contributed by atoms with Crippen molar-refractivity contribution < 1.29 is 9.53 Å². The Kier molecular flexibility index (Phi) is 5.94. The number of benzene rings is 1. The van der Waals surface area contributed by atoms with Crippen molar-refractivity contribution in [2.45, 2.75) is 51.5 Å². The zero-order chi connectivity index (χ0) is 20.2. The van der Waals surface area contributed by atoms with Crippen LogP contribution in [0, 0.1) is 0 Å². The number of carbonyl (C=O) groups excluding carboxylic acids is 1. The second kappa shape index (κ2) is 8.78. The van der Waals surface area contributed by atoms with E-state index in [1.807, 2.05) is 24.3 Å². The van der Waals surface area contributed by atoms with E-state index in [0.717, 1.165) is 40.8 Å². The zero-order valence-electron chi connectivity index (χ0n) is 16.5. The lowest BCUT2D eigenvalue weighted by molar-refractivity contribution is -0.121. The zero-order valence-corrected chi connectivity index (χ0v) is 17.4. The third-order valence-corrected chi connectivity index (χ3v) is 6.52. The molecule has 1 aliphatic carbocycles. The highest BCUT2D eigenvalue weighted by molar-refractivity contribution is 7.18. The molecule has 4 rings (SSSR count). The van der Waals surface area contributed by atoms with E-state index in [-0.39, 0.29) is 17.9 Å². The van der Waals surface area contributed by atoms with E-state index in [0.29, 0.717) is 18.8 Å². The normalized spacial score (nSPS) is 13.7. The largest absolute Gasteiger partial charge is 0.497 e. The molecule has 0 bridgehead atoms. The highest BCUT2D eigenvalue weighted by Crippen LogP contribution is 2.32. The first-order valence-electron chi connectivity index (χ1n) is 10.1. The number of nitrogens with zero attached hydrogens (tertiary/aromatic N) is 1. The molecule has 1 amide bonds. The first kappa shape index (κ1) is 19.6. The number of amides is 1. The SMILES string of the molecule is COc1cccc(CNC(=O)CCc2nc3sc4c(c3c(=O)[nH]2)CCCCC4)c1. The Morgan fingerprint density at radius 1 is 1.28 bits per heavy atom. The Hall–Kier alpha value is -2.67. The molecule has 0 saturated heterocycles. The van der Waals surface area contributed by atoms with Crippen LogP contribution >= 0.6 is 11.3 Å². The maximum atomic E-state index is 12.7. The third-order valence-electron chi connectivity index (χ3n) is 5.34. The van der Waals surface area contributed by atoms with Crippen molar-refractivity contribution in [1.29, 1.82) is 0 Å². The number of nitrogens with one attached hydrogen (secondary N) is 2. The minimum absolute atomic E-state index is 0.0683. The number of aryl methyl sites for hydroxylation is 3. The van der Waals surface area contributed by atoms with Gasteiger partial charge in [-0.1, -0.05) is 18.6 Å². The van der Waals surface area contributed by atoms with Crippen LogP contribution in [0.3, 0.4) is 0 Å². The second-order valence-corrected chi connectivity index (χ2v) is 8.47. The number of carbonyl (C=O) groups is 1. The topological polar surface area (TPSA) is 84.1 Å². The molecule has 0 radical (unpaired) electrons. The van der Waals surface area contributed by atoms with Gasteiger partial charge in [-0.05, 0) is 48.9 Å². The van der Waals surface area contributed by atoms with E-state index in [9.17, 15) is 9.59 Å². The summed E-state index contributed by atoms with van der Waals surface area (Å²) in [5.74, 6) is 1.27. The second-order valence-electron chi connectivity index (χ2n) is 7.39. The number of methoxy groups -OCH3 is 1. The van der Waals surface area contributed by atoms with Crippen LogP contribution in [0.5, 0.6) is 5.75 Å². The van der Waals surface area contributed by atoms with Crippen LogP contribution in [0.4, 0.5) is 0 Å². The highest BCUT2D eigenvalue weighted by Gasteiger charge is 2.19. The lowest BCUT2D eigenvalue weighted by atomic mass is 10.1. The summed E-state index contributed by atoms with van der Waals surface area (Å²) in [6.07, 6.45) is 6.23. The number of aromatic nitrogens is 2. The van der Waals surface area contributed by atoms with Crippen molar-refractivity contribution in [3.05, 3.63) is 56.4 Å². The fourth-order valence-corrected chi connectivity index (χ4v) is 5.09. The molecule has 0 spiro atoms. The lowest BCUT2D eigenvalue weighted by Crippen LogP contribution is -2.23. The fourth-order valence-electron chi connectivity index (χ4n) is 3.81. The van der Waals surface area contributed by atoms with Gasteiger partial charge in [0, 0.05) is 24.3 Å². The summed E-state index contributed by atoms with van der Waals surface area (Å²) in [5.41, 5.74) is 2.10. The predicted octanol–water partition coefficient (Wildman–Crippen LogP) is 3.51. The highest BCUT2D eigenvalue weighted by atomic mass is 32.1. The van der Waals surface area contributed by atoms with Gasteiger partial charge in [-0.3, -0.25) is 9.59 Å². The summed E-state index contributed by atoms with van der Waals surface area (Å²) in [5, 5.41) is 3.67. The van der Waals surface area contributed by atoms with E-state index in [1.165, 1.54) is 23.3 Å². The summed E-state index contributed by atoms with van der Waals surface area (Å²) in [7, 11) is 1.62. The van der Waals surface area contributed by atoms with Gasteiger partial charge in [0.2, 0.25) is 5.91 Å². The average molecular weight is 412 g/mol. The molecule has 3 aromatic rings. The van der Waals surface area contributed by atoms with Crippen molar-refractivity contribution in [2.75, 3.05) is 7.11 Å². The number of hydrogen-bond donors (Lipinski definition) is 2. The smallest absolute Gasteiger partial charge is 0.259 e. The van der Waals surface area contributed by atoms with Crippen molar-refractivity contribution >= 4 is 27.5 Å². The molecular weight excluding hydrogens is 386 g/mol. The summed E-state index contributed by atoms with van der Waals surface area (Å²) in [4.78, 5) is 34.6. The molecule has 1 aliphatic rings. The van der Waals surface area contributed by atoms with Gasteiger partial charge >= 0.3 is 0 Å². The van der Waals surface area contributed by atoms with Crippen LogP contribution in [-0.2, 0) is 30.6 Å². The lowest BCUT2D eigenvalue weighted by Gasteiger charge is -2.07. The third kappa shape index (κ3) is 4.50. The summed E-state index contributed by atoms with van der Waals surface area (Å²) < 4.78 is 5.20. The molecule has 2 aromatic heterocycles. The van der Waals surface area contributed by atoms with Gasteiger partial charge in [0.05, 0.1) is 12.5 Å². The quantitative estimate of drug-likeness (QED) is 0.608. The maximum Gasteiger partial charge on any atom is 0.259 e. The van der Waals surface area contributed by atoms with Gasteiger partial charge < -0.3 is 15.0 Å². The van der Waals surface area contributed by atoms with E-state index in [2.05, 4.69) is 15.3 Å². The van der Waals surface area contributed by atoms with Crippen molar-refractivity contribution in [3.8, 4) is 5.75 Å². The Bertz CT molecular complexity index is 1090. The average Bonchev–Trinajstić information content (AvgIpc) is 2.92. The first-order chi connectivity index (χ1) is 14.1. The molecule has 2 N–H and O–H groups in total. The van der Waals surface area contributed by atoms with Gasteiger partial charge in [0.15, 0.2) is 0 Å². The minimum Gasteiger partial charge on any atom is -0.497 e. The Balaban J connectivity index is 1.40. The van der Waals surface area contributed by atoms with Crippen LogP contribution in [0.15, 0.2) is 29.1 Å². The molecule has 0 fully saturated rings. The van der Waals surface area contributed by atoms with Gasteiger partial charge in [-0.15, -0.1) is 11.3 Å². The monoisotopic (exact) mass is 411 g/mol. The van der Waals surface area contributed by atoms with Crippen LogP contribution in [0.25, 0.3) is 10.2 Å². The van der Waals surface area contributed by atoms with Crippen LogP contribution < -0.4 is 15.6 Å². The van der Waals surface area contributed by atoms with Crippen molar-refractivity contribution in [1.82, 2.24) is 15.3 Å². The maximum absolute atomic E-state index is 12.7. The van der Waals surface area contributed by atoms with Gasteiger partial charge in [-0.2, -0.15) is 0 Å². The van der Waals surface area contributed by atoms with E-state index in [1.54, 1.807) is 18.4 Å². The number of ether oxygens (including phenoxy) is 1. The Morgan fingerprint density at radius 3 is 3.00 bits per heavy atom. The predicted molar refractivity (Wildman–Crippen MR) is 115 cm³/mol. The van der Waals surface area contributed by atoms with Gasteiger partial charge in [-0.25, -0.2) is 4.98 Å². The summed E-state index contributed by atoms with van der Waals surface area (Å²) >= 11 is 1.64. The number of thiophene rings is 1. The number of hydrogen-bond acceptors (Lipinski definition) is 5. The molecule has 1 aromatic carbocycles.